The van der Waals surface area contributed by atoms with E-state index in [1.807, 2.05) is 0 Å². The molecule has 0 radical (unpaired) electrons. The summed E-state index contributed by atoms with van der Waals surface area (Å²) in [7, 11) is 0. The molecule has 2 aromatic carbocycles. The molecule has 3 aliphatic heterocycles. The van der Waals surface area contributed by atoms with E-state index in [1.165, 1.54) is 0 Å². The van der Waals surface area contributed by atoms with Crippen LogP contribution in [0.2, 0.25) is 0 Å². The molecular formula is C27H21F6N7O3. The SMILES string of the molecule is O=C(O)c1nc2n(n1)C(c1ccccc1)CC2(F)F.O=C(c1nc2n(n1)C(c1ccccc1)CC2(F)F)N1CC(F)(F)C1. The summed E-state index contributed by atoms with van der Waals surface area (Å²) in [5.41, 5.74) is 1.28. The first-order valence-electron chi connectivity index (χ1n) is 13.0. The van der Waals surface area contributed by atoms with Gasteiger partial charge in [-0.2, -0.15) is 22.5 Å². The smallest absolute Gasteiger partial charge is 0.375 e. The number of carbonyl (C=O) groups is 2. The lowest BCUT2D eigenvalue weighted by atomic mass is 10.0. The molecule has 0 aliphatic carbocycles. The summed E-state index contributed by atoms with van der Waals surface area (Å²) >= 11 is 0. The van der Waals surface area contributed by atoms with Gasteiger partial charge in [-0.05, 0) is 11.1 Å². The van der Waals surface area contributed by atoms with Crippen LogP contribution in [0, 0.1) is 0 Å². The Kier molecular flexibility index (Phi) is 6.54. The Balaban J connectivity index is 0.000000157. The second-order valence-electron chi connectivity index (χ2n) is 10.4. The number of alkyl halides is 6. The molecule has 16 heteroatoms. The maximum atomic E-state index is 14.2. The van der Waals surface area contributed by atoms with E-state index in [0.717, 1.165) is 14.3 Å². The molecule has 2 unspecified atom stereocenters. The highest BCUT2D eigenvalue weighted by Crippen LogP contribution is 2.46. The Hall–Kier alpha value is -4.76. The first-order valence-corrected chi connectivity index (χ1v) is 13.0. The molecule has 2 atom stereocenters. The van der Waals surface area contributed by atoms with Gasteiger partial charge >= 0.3 is 17.8 Å². The zero-order valence-electron chi connectivity index (χ0n) is 21.9. The Labute approximate surface area is 238 Å². The van der Waals surface area contributed by atoms with Gasteiger partial charge in [-0.25, -0.2) is 27.9 Å². The monoisotopic (exact) mass is 605 g/mol. The number of halogens is 6. The summed E-state index contributed by atoms with van der Waals surface area (Å²) in [5.74, 6) is -13.9. The number of hydrogen-bond donors (Lipinski definition) is 1. The average Bonchev–Trinajstić information content (AvgIpc) is 3.70. The van der Waals surface area contributed by atoms with Crippen LogP contribution in [0.5, 0.6) is 0 Å². The van der Waals surface area contributed by atoms with Crippen molar-refractivity contribution < 1.29 is 41.0 Å². The summed E-state index contributed by atoms with van der Waals surface area (Å²) in [6.07, 6.45) is -0.950. The fourth-order valence-electron chi connectivity index (χ4n) is 5.27. The van der Waals surface area contributed by atoms with Crippen molar-refractivity contribution in [3.63, 3.8) is 0 Å². The number of nitrogens with zero attached hydrogens (tertiary/aromatic N) is 7. The number of benzene rings is 2. The number of fused-ring (bicyclic) bond motifs is 2. The normalized spacial score (nSPS) is 22.1. The summed E-state index contributed by atoms with van der Waals surface area (Å²) in [5, 5.41) is 16.3. The van der Waals surface area contributed by atoms with E-state index in [9.17, 15) is 35.9 Å². The Morgan fingerprint density at radius 2 is 1.12 bits per heavy atom. The third kappa shape index (κ3) is 5.10. The number of aromatic carboxylic acids is 1. The topological polar surface area (TPSA) is 119 Å². The lowest BCUT2D eigenvalue weighted by molar-refractivity contribution is -0.113. The van der Waals surface area contributed by atoms with Gasteiger partial charge in [-0.1, -0.05) is 60.7 Å². The molecule has 10 nitrogen and oxygen atoms in total. The zero-order valence-corrected chi connectivity index (χ0v) is 21.9. The molecule has 224 valence electrons. The Morgan fingerprint density at radius 3 is 1.53 bits per heavy atom. The van der Waals surface area contributed by atoms with Gasteiger partial charge in [0.2, 0.25) is 5.82 Å². The van der Waals surface area contributed by atoms with Crippen LogP contribution in [0.15, 0.2) is 60.7 Å². The van der Waals surface area contributed by atoms with Crippen LogP contribution >= 0.6 is 0 Å². The summed E-state index contributed by atoms with van der Waals surface area (Å²) in [6.45, 7) is -1.48. The highest BCUT2D eigenvalue weighted by Gasteiger charge is 2.52. The molecule has 3 aliphatic rings. The minimum Gasteiger partial charge on any atom is -0.475 e. The molecule has 1 amide bonds. The van der Waals surface area contributed by atoms with Crippen molar-refractivity contribution in [2.24, 2.45) is 0 Å². The minimum absolute atomic E-state index is 0.452. The highest BCUT2D eigenvalue weighted by atomic mass is 19.3. The molecule has 43 heavy (non-hydrogen) atoms. The number of carboxylic acids is 1. The molecule has 0 spiro atoms. The zero-order chi connectivity index (χ0) is 30.7. The van der Waals surface area contributed by atoms with Crippen LogP contribution in [0.25, 0.3) is 0 Å². The van der Waals surface area contributed by atoms with Crippen molar-refractivity contribution in [3.8, 4) is 0 Å². The van der Waals surface area contributed by atoms with E-state index in [-0.39, 0.29) is 0 Å². The minimum atomic E-state index is -3.23. The van der Waals surface area contributed by atoms with Gasteiger partial charge in [-0.15, -0.1) is 10.2 Å². The summed E-state index contributed by atoms with van der Waals surface area (Å²) in [4.78, 5) is 30.8. The van der Waals surface area contributed by atoms with Crippen LogP contribution in [0.3, 0.4) is 0 Å². The predicted molar refractivity (Wildman–Crippen MR) is 134 cm³/mol. The number of rotatable bonds is 4. The first kappa shape index (κ1) is 28.4. The van der Waals surface area contributed by atoms with E-state index in [2.05, 4.69) is 20.2 Å². The van der Waals surface area contributed by atoms with Gasteiger partial charge in [0.1, 0.15) is 0 Å². The van der Waals surface area contributed by atoms with Gasteiger partial charge < -0.3 is 10.0 Å². The van der Waals surface area contributed by atoms with Crippen molar-refractivity contribution in [2.75, 3.05) is 13.1 Å². The third-order valence-electron chi connectivity index (χ3n) is 7.29. The van der Waals surface area contributed by atoms with Crippen LogP contribution in [-0.2, 0) is 11.8 Å². The quantitative estimate of drug-likeness (QED) is 0.340. The van der Waals surface area contributed by atoms with Gasteiger partial charge in [0.05, 0.1) is 25.2 Å². The predicted octanol–water partition coefficient (Wildman–Crippen LogP) is 4.52. The largest absolute Gasteiger partial charge is 0.475 e. The molecule has 1 fully saturated rings. The van der Waals surface area contributed by atoms with E-state index in [1.54, 1.807) is 60.7 Å². The van der Waals surface area contributed by atoms with E-state index in [4.69, 9.17) is 5.11 Å². The van der Waals surface area contributed by atoms with Crippen LogP contribution in [0.1, 0.15) is 68.9 Å². The standard InChI is InChI=1S/C15H12F4N4O.C12H9F2N3O2/c16-14(17)7-22(8-14)12(24)11-20-13-15(18,19)6-10(23(13)21-11)9-4-2-1-3-5-9;13-12(14)6-8(7-4-2-1-3-5-7)17-11(12)15-9(16-17)10(18)19/h1-5,10H,6-8H2;1-5,8H,6H2,(H,18,19). The Bertz CT molecular complexity index is 1690. The number of amides is 1. The molecule has 0 bridgehead atoms. The first-order chi connectivity index (χ1) is 20.3. The fraction of sp³-hybridized carbons (Fsp3) is 0.333. The molecule has 2 aromatic heterocycles. The molecule has 1 N–H and O–H groups in total. The number of carbonyl (C=O) groups excluding carboxylic acids is 1. The lowest BCUT2D eigenvalue weighted by Gasteiger charge is -2.37. The van der Waals surface area contributed by atoms with Gasteiger partial charge in [0, 0.05) is 12.8 Å². The number of aromatic nitrogens is 6. The average molecular weight is 605 g/mol. The van der Waals surface area contributed by atoms with Crippen molar-refractivity contribution in [3.05, 3.63) is 95.1 Å². The highest BCUT2D eigenvalue weighted by molar-refractivity contribution is 5.91. The van der Waals surface area contributed by atoms with Crippen molar-refractivity contribution in [1.82, 2.24) is 34.4 Å². The van der Waals surface area contributed by atoms with Crippen LogP contribution in [-0.4, -0.2) is 70.4 Å². The number of likely N-dealkylation sites (tertiary alicyclic amines) is 1. The summed E-state index contributed by atoms with van der Waals surface area (Å²) < 4.78 is 83.9. The van der Waals surface area contributed by atoms with Gasteiger partial charge in [0.25, 0.3) is 17.7 Å². The second-order valence-corrected chi connectivity index (χ2v) is 10.4. The van der Waals surface area contributed by atoms with Crippen molar-refractivity contribution in [1.29, 1.82) is 0 Å². The molecule has 1 saturated heterocycles. The maximum absolute atomic E-state index is 14.2. The third-order valence-corrected chi connectivity index (χ3v) is 7.29. The molecule has 0 saturated carbocycles. The maximum Gasteiger partial charge on any atom is 0.375 e. The van der Waals surface area contributed by atoms with Crippen LogP contribution in [0.4, 0.5) is 26.3 Å². The van der Waals surface area contributed by atoms with Gasteiger partial charge in [0.15, 0.2) is 11.6 Å². The summed E-state index contributed by atoms with van der Waals surface area (Å²) in [6, 6.07) is 15.8. The van der Waals surface area contributed by atoms with Crippen LogP contribution < -0.4 is 0 Å². The van der Waals surface area contributed by atoms with E-state index in [0.29, 0.717) is 11.1 Å². The van der Waals surface area contributed by atoms with Crippen molar-refractivity contribution in [2.45, 2.75) is 42.7 Å². The second kappa shape index (κ2) is 9.91. The fourth-order valence-corrected chi connectivity index (χ4v) is 5.27. The molecule has 4 aromatic rings. The van der Waals surface area contributed by atoms with Gasteiger partial charge in [-0.3, -0.25) is 4.79 Å². The number of hydrogen-bond acceptors (Lipinski definition) is 6. The molecular weight excluding hydrogens is 584 g/mol. The molecule has 5 heterocycles. The van der Waals surface area contributed by atoms with E-state index >= 15 is 0 Å². The lowest BCUT2D eigenvalue weighted by Crippen LogP contribution is -2.58. The molecule has 7 rings (SSSR count). The number of carboxylic acid groups (broad SMARTS) is 1. The van der Waals surface area contributed by atoms with E-state index < -0.39 is 91.0 Å². The van der Waals surface area contributed by atoms with Crippen molar-refractivity contribution >= 4 is 11.9 Å². The Morgan fingerprint density at radius 1 is 0.698 bits per heavy atom.